The molecule has 0 spiro atoms. The molecule has 0 radical (unpaired) electrons. The number of nitrogens with one attached hydrogen (secondary N) is 1. The Morgan fingerprint density at radius 3 is 2.36 bits per heavy atom. The third-order valence-electron chi connectivity index (χ3n) is 4.43. The van der Waals surface area contributed by atoms with Crippen molar-refractivity contribution < 1.29 is 14.3 Å². The Balaban J connectivity index is 1.98. The number of carbonyl (C=O) groups excluding carboxylic acids is 1. The van der Waals surface area contributed by atoms with Gasteiger partial charge in [0.1, 0.15) is 11.6 Å². The van der Waals surface area contributed by atoms with Gasteiger partial charge in [-0.3, -0.25) is 4.79 Å². The van der Waals surface area contributed by atoms with Gasteiger partial charge in [-0.05, 0) is 47.2 Å². The molecule has 28 heavy (non-hydrogen) atoms. The minimum atomic E-state index is -0.379. The fourth-order valence-corrected chi connectivity index (χ4v) is 2.74. The maximum atomic E-state index is 12.3. The third-order valence-corrected chi connectivity index (χ3v) is 4.43. The fraction of sp³-hybridized carbons (Fsp3) is 0.304. The molecule has 2 aromatic rings. The largest absolute Gasteiger partial charge is 0.493 e. The predicted octanol–water partition coefficient (Wildman–Crippen LogP) is 4.09. The number of ether oxygens (including phenoxy) is 2. The zero-order valence-electron chi connectivity index (χ0n) is 16.8. The highest BCUT2D eigenvalue weighted by Crippen LogP contribution is 2.27. The van der Waals surface area contributed by atoms with Crippen LogP contribution >= 0.6 is 0 Å². The van der Waals surface area contributed by atoms with Gasteiger partial charge in [0.15, 0.2) is 11.5 Å². The monoisotopic (exact) mass is 378 g/mol. The van der Waals surface area contributed by atoms with Crippen molar-refractivity contribution in [3.63, 3.8) is 0 Å². The lowest BCUT2D eigenvalue weighted by Crippen LogP contribution is -2.26. The maximum absolute atomic E-state index is 12.3. The van der Waals surface area contributed by atoms with Gasteiger partial charge < -0.3 is 14.8 Å². The van der Waals surface area contributed by atoms with Gasteiger partial charge in [-0.1, -0.05) is 44.2 Å². The molecule has 5 nitrogen and oxygen atoms in total. The van der Waals surface area contributed by atoms with E-state index in [0.717, 1.165) is 11.1 Å². The van der Waals surface area contributed by atoms with E-state index in [-0.39, 0.29) is 11.5 Å². The molecular weight excluding hydrogens is 352 g/mol. The molecule has 0 atom stereocenters. The van der Waals surface area contributed by atoms with Crippen molar-refractivity contribution in [2.45, 2.75) is 26.2 Å². The molecule has 0 unspecified atom stereocenters. The van der Waals surface area contributed by atoms with E-state index in [0.29, 0.717) is 30.4 Å². The van der Waals surface area contributed by atoms with Gasteiger partial charge >= 0.3 is 0 Å². The maximum Gasteiger partial charge on any atom is 0.261 e. The van der Waals surface area contributed by atoms with E-state index in [9.17, 15) is 10.1 Å². The van der Waals surface area contributed by atoms with Crippen LogP contribution in [0.25, 0.3) is 6.08 Å². The second-order valence-corrected chi connectivity index (χ2v) is 6.69. The molecule has 1 N–H and O–H groups in total. The SMILES string of the molecule is COc1ccc(CCNC(=O)/C(C#N)=C\c2ccc(C(C)C)cc2)cc1OC. The van der Waals surface area contributed by atoms with Crippen molar-refractivity contribution in [2.75, 3.05) is 20.8 Å². The Morgan fingerprint density at radius 2 is 1.79 bits per heavy atom. The summed E-state index contributed by atoms with van der Waals surface area (Å²) in [4.78, 5) is 12.3. The van der Waals surface area contributed by atoms with Gasteiger partial charge in [0, 0.05) is 6.54 Å². The van der Waals surface area contributed by atoms with Crippen LogP contribution in [0.5, 0.6) is 11.5 Å². The number of benzene rings is 2. The summed E-state index contributed by atoms with van der Waals surface area (Å²) in [5.74, 6) is 1.37. The molecule has 0 saturated heterocycles. The number of hydrogen-bond donors (Lipinski definition) is 1. The summed E-state index contributed by atoms with van der Waals surface area (Å²) in [6, 6.07) is 15.5. The van der Waals surface area contributed by atoms with Gasteiger partial charge in [-0.15, -0.1) is 0 Å². The predicted molar refractivity (Wildman–Crippen MR) is 110 cm³/mol. The summed E-state index contributed by atoms with van der Waals surface area (Å²) in [6.45, 7) is 4.66. The number of amides is 1. The van der Waals surface area contributed by atoms with Crippen molar-refractivity contribution in [1.29, 1.82) is 5.26 Å². The molecule has 0 heterocycles. The third kappa shape index (κ3) is 5.62. The average molecular weight is 378 g/mol. The lowest BCUT2D eigenvalue weighted by atomic mass is 10.0. The van der Waals surface area contributed by atoms with Crippen LogP contribution in [0.2, 0.25) is 0 Å². The zero-order valence-corrected chi connectivity index (χ0v) is 16.8. The van der Waals surface area contributed by atoms with Crippen LogP contribution in [-0.4, -0.2) is 26.7 Å². The first kappa shape index (κ1) is 21.0. The molecule has 0 aliphatic heterocycles. The fourth-order valence-electron chi connectivity index (χ4n) is 2.74. The van der Waals surface area contributed by atoms with E-state index in [2.05, 4.69) is 19.2 Å². The van der Waals surface area contributed by atoms with Crippen molar-refractivity contribution in [1.82, 2.24) is 5.32 Å². The van der Waals surface area contributed by atoms with E-state index in [1.165, 1.54) is 5.56 Å². The molecule has 146 valence electrons. The molecule has 0 aliphatic rings. The summed E-state index contributed by atoms with van der Waals surface area (Å²) >= 11 is 0. The first-order valence-electron chi connectivity index (χ1n) is 9.19. The molecule has 0 aliphatic carbocycles. The molecule has 0 aromatic heterocycles. The van der Waals surface area contributed by atoms with Crippen LogP contribution in [0.4, 0.5) is 0 Å². The standard InChI is InChI=1S/C23H26N2O3/c1-16(2)19-8-5-17(6-9-19)13-20(15-24)23(26)25-12-11-18-7-10-21(27-3)22(14-18)28-4/h5-10,13-14,16H,11-12H2,1-4H3,(H,25,26)/b20-13-. The lowest BCUT2D eigenvalue weighted by Gasteiger charge is -2.10. The van der Waals surface area contributed by atoms with Crippen molar-refractivity contribution in [2.24, 2.45) is 0 Å². The normalized spacial score (nSPS) is 11.1. The Bertz CT molecular complexity index is 878. The van der Waals surface area contributed by atoms with Crippen LogP contribution in [0.3, 0.4) is 0 Å². The number of methoxy groups -OCH3 is 2. The number of hydrogen-bond acceptors (Lipinski definition) is 4. The van der Waals surface area contributed by atoms with E-state index >= 15 is 0 Å². The lowest BCUT2D eigenvalue weighted by molar-refractivity contribution is -0.117. The number of nitrogens with zero attached hydrogens (tertiary/aromatic N) is 1. The highest BCUT2D eigenvalue weighted by Gasteiger charge is 2.10. The Hall–Kier alpha value is -3.26. The number of rotatable bonds is 8. The van der Waals surface area contributed by atoms with E-state index in [1.807, 2.05) is 48.5 Å². The summed E-state index contributed by atoms with van der Waals surface area (Å²) in [7, 11) is 3.17. The first-order valence-corrected chi connectivity index (χ1v) is 9.19. The highest BCUT2D eigenvalue weighted by atomic mass is 16.5. The topological polar surface area (TPSA) is 71.3 Å². The molecule has 2 aromatic carbocycles. The molecule has 2 rings (SSSR count). The molecule has 0 saturated carbocycles. The molecule has 1 amide bonds. The average Bonchev–Trinajstić information content (AvgIpc) is 2.71. The van der Waals surface area contributed by atoms with Crippen LogP contribution in [0.15, 0.2) is 48.0 Å². The summed E-state index contributed by atoms with van der Waals surface area (Å²) in [5.41, 5.74) is 3.14. The summed E-state index contributed by atoms with van der Waals surface area (Å²) < 4.78 is 10.5. The van der Waals surface area contributed by atoms with Crippen LogP contribution in [-0.2, 0) is 11.2 Å². The summed E-state index contributed by atoms with van der Waals surface area (Å²) in [6.07, 6.45) is 2.23. The van der Waals surface area contributed by atoms with Gasteiger partial charge in [0.05, 0.1) is 14.2 Å². The Labute approximate surface area is 166 Å². The molecule has 5 heteroatoms. The van der Waals surface area contributed by atoms with Crippen molar-refractivity contribution in [3.8, 4) is 17.6 Å². The smallest absolute Gasteiger partial charge is 0.261 e. The quantitative estimate of drug-likeness (QED) is 0.555. The first-order chi connectivity index (χ1) is 13.5. The van der Waals surface area contributed by atoms with E-state index in [1.54, 1.807) is 20.3 Å². The van der Waals surface area contributed by atoms with Crippen LogP contribution in [0, 0.1) is 11.3 Å². The van der Waals surface area contributed by atoms with Gasteiger partial charge in [-0.2, -0.15) is 5.26 Å². The van der Waals surface area contributed by atoms with Gasteiger partial charge in [0.25, 0.3) is 5.91 Å². The molecule has 0 fully saturated rings. The van der Waals surface area contributed by atoms with E-state index < -0.39 is 0 Å². The van der Waals surface area contributed by atoms with Crippen LogP contribution < -0.4 is 14.8 Å². The van der Waals surface area contributed by atoms with Gasteiger partial charge in [-0.25, -0.2) is 0 Å². The minimum Gasteiger partial charge on any atom is -0.493 e. The van der Waals surface area contributed by atoms with Gasteiger partial charge in [0.2, 0.25) is 0 Å². The Morgan fingerprint density at radius 1 is 1.11 bits per heavy atom. The minimum absolute atomic E-state index is 0.0876. The molecular formula is C23H26N2O3. The van der Waals surface area contributed by atoms with Crippen molar-refractivity contribution in [3.05, 3.63) is 64.7 Å². The Kier molecular flexibility index (Phi) is 7.65. The highest BCUT2D eigenvalue weighted by molar-refractivity contribution is 6.01. The summed E-state index contributed by atoms with van der Waals surface area (Å²) in [5, 5.41) is 12.1. The van der Waals surface area contributed by atoms with E-state index in [4.69, 9.17) is 9.47 Å². The second-order valence-electron chi connectivity index (χ2n) is 6.69. The number of carbonyl (C=O) groups is 1. The van der Waals surface area contributed by atoms with Crippen LogP contribution in [0.1, 0.15) is 36.5 Å². The zero-order chi connectivity index (χ0) is 20.5. The van der Waals surface area contributed by atoms with Crippen molar-refractivity contribution >= 4 is 12.0 Å². The second kappa shape index (κ2) is 10.2. The molecule has 0 bridgehead atoms. The number of nitriles is 1.